The molecule has 1 unspecified atom stereocenters. The highest BCUT2D eigenvalue weighted by atomic mass is 79.9. The van der Waals surface area contributed by atoms with Crippen molar-refractivity contribution in [3.63, 3.8) is 0 Å². The van der Waals surface area contributed by atoms with Crippen molar-refractivity contribution in [1.29, 1.82) is 5.26 Å². The molecule has 0 radical (unpaired) electrons. The Labute approximate surface area is 111 Å². The zero-order chi connectivity index (χ0) is 12.8. The number of nitriles is 1. The number of hydrogen-bond donors (Lipinski definition) is 2. The Morgan fingerprint density at radius 1 is 1.47 bits per heavy atom. The Bertz CT molecular complexity index is 412. The molecule has 0 amide bonds. The summed E-state index contributed by atoms with van der Waals surface area (Å²) in [5, 5.41) is 21.5. The first-order valence-electron chi connectivity index (χ1n) is 5.66. The van der Waals surface area contributed by atoms with Crippen molar-refractivity contribution in [2.75, 3.05) is 11.9 Å². The van der Waals surface area contributed by atoms with Gasteiger partial charge in [-0.2, -0.15) is 5.26 Å². The lowest BCUT2D eigenvalue weighted by molar-refractivity contribution is 0.267. The summed E-state index contributed by atoms with van der Waals surface area (Å²) in [7, 11) is 0. The van der Waals surface area contributed by atoms with Crippen molar-refractivity contribution in [2.45, 2.75) is 26.3 Å². The van der Waals surface area contributed by atoms with Crippen LogP contribution in [0.2, 0.25) is 0 Å². The number of anilines is 1. The van der Waals surface area contributed by atoms with Crippen LogP contribution >= 0.6 is 15.9 Å². The highest BCUT2D eigenvalue weighted by molar-refractivity contribution is 9.10. The van der Waals surface area contributed by atoms with Crippen LogP contribution in [0.25, 0.3) is 0 Å². The lowest BCUT2D eigenvalue weighted by atomic mass is 10.0. The maximum Gasteiger partial charge on any atom is 0.103 e. The summed E-state index contributed by atoms with van der Waals surface area (Å²) >= 11 is 3.36. The van der Waals surface area contributed by atoms with Crippen LogP contribution in [0.1, 0.15) is 25.8 Å². The highest BCUT2D eigenvalue weighted by Gasteiger charge is 2.15. The molecule has 1 atom stereocenters. The molecule has 3 nitrogen and oxygen atoms in total. The maximum atomic E-state index is 9.11. The van der Waals surface area contributed by atoms with Crippen LogP contribution in [0, 0.1) is 17.2 Å². The number of hydrogen-bond acceptors (Lipinski definition) is 3. The van der Waals surface area contributed by atoms with Gasteiger partial charge in [-0.1, -0.05) is 19.9 Å². The van der Waals surface area contributed by atoms with Gasteiger partial charge in [0.2, 0.25) is 0 Å². The van der Waals surface area contributed by atoms with Gasteiger partial charge in [0.15, 0.2) is 0 Å². The standard InChI is InChI=1S/C13H17BrN2O/c1-9(2)12(6-7-17)16-13-5-3-4-11(14)10(13)8-15/h3-5,9,12,16-17H,6-7H2,1-2H3. The van der Waals surface area contributed by atoms with Gasteiger partial charge in [0, 0.05) is 17.1 Å². The molecule has 0 aliphatic carbocycles. The van der Waals surface area contributed by atoms with E-state index in [9.17, 15) is 0 Å². The molecule has 0 bridgehead atoms. The molecule has 2 N–H and O–H groups in total. The summed E-state index contributed by atoms with van der Waals surface area (Å²) in [4.78, 5) is 0. The molecule has 0 aliphatic heterocycles. The van der Waals surface area contributed by atoms with Crippen molar-refractivity contribution < 1.29 is 5.11 Å². The van der Waals surface area contributed by atoms with E-state index in [0.717, 1.165) is 10.2 Å². The van der Waals surface area contributed by atoms with Crippen molar-refractivity contribution in [3.8, 4) is 6.07 Å². The minimum Gasteiger partial charge on any atom is -0.396 e. The molecular formula is C13H17BrN2O. The number of aliphatic hydroxyl groups excluding tert-OH is 1. The van der Waals surface area contributed by atoms with Gasteiger partial charge in [-0.3, -0.25) is 0 Å². The summed E-state index contributed by atoms with van der Waals surface area (Å²) in [6.45, 7) is 4.33. The molecule has 1 rings (SSSR count). The molecule has 0 saturated carbocycles. The third-order valence-corrected chi connectivity index (χ3v) is 3.37. The third-order valence-electron chi connectivity index (χ3n) is 2.71. The van der Waals surface area contributed by atoms with E-state index in [-0.39, 0.29) is 12.6 Å². The number of aliphatic hydroxyl groups is 1. The minimum atomic E-state index is 0.145. The topological polar surface area (TPSA) is 56.0 Å². The minimum absolute atomic E-state index is 0.145. The number of nitrogens with one attached hydrogen (secondary N) is 1. The van der Waals surface area contributed by atoms with Crippen molar-refractivity contribution in [3.05, 3.63) is 28.2 Å². The molecule has 0 aromatic heterocycles. The molecule has 0 aliphatic rings. The van der Waals surface area contributed by atoms with E-state index in [4.69, 9.17) is 10.4 Å². The molecule has 4 heteroatoms. The lowest BCUT2D eigenvalue weighted by Gasteiger charge is -2.23. The normalized spacial score (nSPS) is 12.2. The molecule has 1 aromatic carbocycles. The fraction of sp³-hybridized carbons (Fsp3) is 0.462. The Morgan fingerprint density at radius 2 is 2.18 bits per heavy atom. The van der Waals surface area contributed by atoms with E-state index in [2.05, 4.69) is 41.2 Å². The molecule has 1 aromatic rings. The fourth-order valence-electron chi connectivity index (χ4n) is 1.67. The molecule has 0 saturated heterocycles. The fourth-order valence-corrected chi connectivity index (χ4v) is 2.12. The first kappa shape index (κ1) is 14.0. The average molecular weight is 297 g/mol. The van der Waals surface area contributed by atoms with Gasteiger partial charge in [0.1, 0.15) is 6.07 Å². The van der Waals surface area contributed by atoms with Crippen LogP contribution in [0.5, 0.6) is 0 Å². The number of halogens is 1. The predicted octanol–water partition coefficient (Wildman–Crippen LogP) is 3.14. The maximum absolute atomic E-state index is 9.11. The van der Waals surface area contributed by atoms with E-state index in [1.807, 2.05) is 18.2 Å². The molecular weight excluding hydrogens is 280 g/mol. The van der Waals surface area contributed by atoms with E-state index in [1.54, 1.807) is 0 Å². The van der Waals surface area contributed by atoms with Gasteiger partial charge < -0.3 is 10.4 Å². The Balaban J connectivity index is 2.94. The Morgan fingerprint density at radius 3 is 2.71 bits per heavy atom. The predicted molar refractivity (Wildman–Crippen MR) is 72.8 cm³/mol. The Hall–Kier alpha value is -1.05. The van der Waals surface area contributed by atoms with E-state index >= 15 is 0 Å². The highest BCUT2D eigenvalue weighted by Crippen LogP contribution is 2.25. The van der Waals surface area contributed by atoms with Crippen molar-refractivity contribution in [1.82, 2.24) is 0 Å². The van der Waals surface area contributed by atoms with Gasteiger partial charge in [-0.05, 0) is 40.4 Å². The van der Waals surface area contributed by atoms with Gasteiger partial charge >= 0.3 is 0 Å². The first-order chi connectivity index (χ1) is 8.10. The van der Waals surface area contributed by atoms with Crippen LogP contribution in [0.4, 0.5) is 5.69 Å². The van der Waals surface area contributed by atoms with E-state index < -0.39 is 0 Å². The average Bonchev–Trinajstić information content (AvgIpc) is 2.28. The second kappa shape index (κ2) is 6.63. The van der Waals surface area contributed by atoms with Crippen LogP contribution in [-0.4, -0.2) is 17.8 Å². The lowest BCUT2D eigenvalue weighted by Crippen LogP contribution is -2.27. The van der Waals surface area contributed by atoms with E-state index in [1.165, 1.54) is 0 Å². The number of rotatable bonds is 5. The van der Waals surface area contributed by atoms with Crippen LogP contribution in [-0.2, 0) is 0 Å². The zero-order valence-electron chi connectivity index (χ0n) is 10.1. The third kappa shape index (κ3) is 3.72. The van der Waals surface area contributed by atoms with Gasteiger partial charge in [0.05, 0.1) is 11.3 Å². The molecule has 0 fully saturated rings. The Kier molecular flexibility index (Phi) is 5.46. The summed E-state index contributed by atoms with van der Waals surface area (Å²) in [5.74, 6) is 0.396. The van der Waals surface area contributed by atoms with Crippen LogP contribution in [0.15, 0.2) is 22.7 Å². The second-order valence-electron chi connectivity index (χ2n) is 4.28. The zero-order valence-corrected chi connectivity index (χ0v) is 11.7. The summed E-state index contributed by atoms with van der Waals surface area (Å²) < 4.78 is 0.788. The van der Waals surface area contributed by atoms with Crippen LogP contribution in [0.3, 0.4) is 0 Å². The summed E-state index contributed by atoms with van der Waals surface area (Å²) in [5.41, 5.74) is 1.42. The molecule has 92 valence electrons. The second-order valence-corrected chi connectivity index (χ2v) is 5.14. The van der Waals surface area contributed by atoms with Crippen molar-refractivity contribution >= 4 is 21.6 Å². The number of benzene rings is 1. The molecule has 17 heavy (non-hydrogen) atoms. The van der Waals surface area contributed by atoms with Crippen LogP contribution < -0.4 is 5.32 Å². The monoisotopic (exact) mass is 296 g/mol. The largest absolute Gasteiger partial charge is 0.396 e. The smallest absolute Gasteiger partial charge is 0.103 e. The number of nitrogens with zero attached hydrogens (tertiary/aromatic N) is 1. The quantitative estimate of drug-likeness (QED) is 0.878. The SMILES string of the molecule is CC(C)C(CCO)Nc1cccc(Br)c1C#N. The first-order valence-corrected chi connectivity index (χ1v) is 6.45. The summed E-state index contributed by atoms with van der Waals surface area (Å²) in [6.07, 6.45) is 0.676. The van der Waals surface area contributed by atoms with E-state index in [0.29, 0.717) is 17.9 Å². The molecule has 0 heterocycles. The summed E-state index contributed by atoms with van der Waals surface area (Å²) in [6, 6.07) is 7.97. The molecule has 0 spiro atoms. The van der Waals surface area contributed by atoms with Gasteiger partial charge in [-0.25, -0.2) is 0 Å². The van der Waals surface area contributed by atoms with Gasteiger partial charge in [-0.15, -0.1) is 0 Å². The van der Waals surface area contributed by atoms with Crippen molar-refractivity contribution in [2.24, 2.45) is 5.92 Å². The van der Waals surface area contributed by atoms with Gasteiger partial charge in [0.25, 0.3) is 0 Å².